The molecule has 3 aromatic rings. The number of fused-ring (bicyclic) bond motifs is 4. The average molecular weight is 403 g/mol. The first kappa shape index (κ1) is 18.8. The maximum atomic E-state index is 12.8. The van der Waals surface area contributed by atoms with Crippen molar-refractivity contribution in [3.8, 4) is 17.0 Å². The molecule has 4 heterocycles. The van der Waals surface area contributed by atoms with Gasteiger partial charge in [-0.05, 0) is 30.5 Å². The molecule has 7 nitrogen and oxygen atoms in total. The number of hydrogen-bond donors (Lipinski definition) is 1. The Bertz CT molecular complexity index is 1100. The fourth-order valence-electron chi connectivity index (χ4n) is 4.73. The fraction of sp³-hybridized carbons (Fsp3) is 0.348. The van der Waals surface area contributed by atoms with Crippen molar-refractivity contribution < 1.29 is 4.74 Å². The number of nitrogen functional groups attached to an aromatic ring is 1. The number of nitrogens with zero attached hydrogens (tertiary/aromatic N) is 4. The van der Waals surface area contributed by atoms with E-state index in [1.165, 1.54) is 6.33 Å². The van der Waals surface area contributed by atoms with Crippen LogP contribution in [0.5, 0.6) is 5.75 Å². The van der Waals surface area contributed by atoms with E-state index in [9.17, 15) is 4.79 Å². The second-order valence-electron chi connectivity index (χ2n) is 8.17. The van der Waals surface area contributed by atoms with E-state index in [1.807, 2.05) is 34.9 Å². The lowest BCUT2D eigenvalue weighted by atomic mass is 9.82. The van der Waals surface area contributed by atoms with Gasteiger partial charge < -0.3 is 15.0 Å². The third-order valence-electron chi connectivity index (χ3n) is 6.04. The maximum absolute atomic E-state index is 12.8. The highest BCUT2D eigenvalue weighted by atomic mass is 16.5. The van der Waals surface area contributed by atoms with Gasteiger partial charge in [-0.1, -0.05) is 18.2 Å². The average Bonchev–Trinajstić information content (AvgIpc) is 2.75. The van der Waals surface area contributed by atoms with E-state index < -0.39 is 0 Å². The van der Waals surface area contributed by atoms with Gasteiger partial charge in [0.25, 0.3) is 5.56 Å². The minimum Gasteiger partial charge on any atom is -0.492 e. The van der Waals surface area contributed by atoms with Crippen LogP contribution < -0.4 is 16.0 Å². The zero-order valence-electron chi connectivity index (χ0n) is 16.8. The lowest BCUT2D eigenvalue weighted by Gasteiger charge is -2.42. The van der Waals surface area contributed by atoms with Crippen molar-refractivity contribution >= 4 is 5.82 Å². The molecular formula is C23H25N5O2. The molecule has 0 amide bonds. The summed E-state index contributed by atoms with van der Waals surface area (Å²) in [6, 6.07) is 15.4. The summed E-state index contributed by atoms with van der Waals surface area (Å²) in [5.74, 6) is 2.13. The van der Waals surface area contributed by atoms with Crippen molar-refractivity contribution in [1.82, 2.24) is 19.4 Å². The molecule has 2 aliphatic heterocycles. The second-order valence-corrected chi connectivity index (χ2v) is 8.17. The van der Waals surface area contributed by atoms with Gasteiger partial charge in [-0.15, -0.1) is 0 Å². The van der Waals surface area contributed by atoms with E-state index in [0.717, 1.165) is 49.6 Å². The summed E-state index contributed by atoms with van der Waals surface area (Å²) in [6.45, 7) is 4.26. The standard InChI is InChI=1S/C23H25N5O2/c24-22-11-20(25-15-26-22)17-9-21-18-8-16(13-28(21)23(29)10-17)12-27(14-18)6-7-30-19-4-2-1-3-5-19/h1-5,9-11,15-16,18H,6-8,12-14H2,(H2,24,25,26)/t16-,18+/m0/s1. The zero-order valence-corrected chi connectivity index (χ0v) is 16.8. The highest BCUT2D eigenvalue weighted by Gasteiger charge is 2.34. The van der Waals surface area contributed by atoms with Crippen LogP contribution in [0.1, 0.15) is 18.0 Å². The molecule has 0 spiro atoms. The molecule has 2 bridgehead atoms. The lowest BCUT2D eigenvalue weighted by Crippen LogP contribution is -2.48. The summed E-state index contributed by atoms with van der Waals surface area (Å²) in [5.41, 5.74) is 8.44. The number of aromatic nitrogens is 3. The lowest BCUT2D eigenvalue weighted by molar-refractivity contribution is 0.104. The Hall–Kier alpha value is -3.19. The van der Waals surface area contributed by atoms with Gasteiger partial charge in [0.05, 0.1) is 5.69 Å². The molecule has 1 fully saturated rings. The zero-order chi connectivity index (χ0) is 20.5. The van der Waals surface area contributed by atoms with Crippen LogP contribution in [0.25, 0.3) is 11.3 Å². The predicted molar refractivity (Wildman–Crippen MR) is 115 cm³/mol. The van der Waals surface area contributed by atoms with Gasteiger partial charge in [0.2, 0.25) is 0 Å². The van der Waals surface area contributed by atoms with Gasteiger partial charge in [-0.25, -0.2) is 9.97 Å². The summed E-state index contributed by atoms with van der Waals surface area (Å²) in [6.07, 6.45) is 2.55. The SMILES string of the molecule is Nc1cc(-c2cc3n(c(=O)c2)C[C@H]2C[C@@H]3CN(CCOc3ccccc3)C2)ncn1. The largest absolute Gasteiger partial charge is 0.492 e. The summed E-state index contributed by atoms with van der Waals surface area (Å²) >= 11 is 0. The molecule has 5 rings (SSSR count). The van der Waals surface area contributed by atoms with E-state index >= 15 is 0 Å². The van der Waals surface area contributed by atoms with Crippen LogP contribution in [0.3, 0.4) is 0 Å². The Morgan fingerprint density at radius 2 is 1.93 bits per heavy atom. The van der Waals surface area contributed by atoms with Gasteiger partial charge in [0.15, 0.2) is 0 Å². The van der Waals surface area contributed by atoms with Crippen LogP contribution >= 0.6 is 0 Å². The van der Waals surface area contributed by atoms with E-state index in [1.54, 1.807) is 12.1 Å². The Kier molecular flexibility index (Phi) is 4.96. The van der Waals surface area contributed by atoms with Gasteiger partial charge in [0, 0.05) is 55.5 Å². The molecule has 0 radical (unpaired) electrons. The topological polar surface area (TPSA) is 86.3 Å². The first-order valence-corrected chi connectivity index (χ1v) is 10.4. The summed E-state index contributed by atoms with van der Waals surface area (Å²) < 4.78 is 7.83. The third-order valence-corrected chi connectivity index (χ3v) is 6.04. The van der Waals surface area contributed by atoms with Crippen molar-refractivity contribution in [2.24, 2.45) is 5.92 Å². The number of pyridine rings is 1. The quantitative estimate of drug-likeness (QED) is 0.704. The number of rotatable bonds is 5. The van der Waals surface area contributed by atoms with E-state index in [-0.39, 0.29) is 5.56 Å². The number of nitrogens with two attached hydrogens (primary N) is 1. The first-order valence-electron chi connectivity index (χ1n) is 10.4. The maximum Gasteiger partial charge on any atom is 0.251 e. The molecule has 0 aliphatic carbocycles. The van der Waals surface area contributed by atoms with Crippen molar-refractivity contribution in [3.63, 3.8) is 0 Å². The number of hydrogen-bond acceptors (Lipinski definition) is 6. The molecule has 30 heavy (non-hydrogen) atoms. The van der Waals surface area contributed by atoms with Crippen molar-refractivity contribution in [2.45, 2.75) is 18.9 Å². The highest BCUT2D eigenvalue weighted by molar-refractivity contribution is 5.61. The highest BCUT2D eigenvalue weighted by Crippen LogP contribution is 2.36. The number of likely N-dealkylation sites (tertiary alicyclic amines) is 1. The molecular weight excluding hydrogens is 378 g/mol. The van der Waals surface area contributed by atoms with Gasteiger partial charge >= 0.3 is 0 Å². The normalized spacial score (nSPS) is 20.5. The minimum absolute atomic E-state index is 0.0373. The molecule has 7 heteroatoms. The van der Waals surface area contributed by atoms with Crippen LogP contribution in [-0.2, 0) is 6.54 Å². The van der Waals surface area contributed by atoms with Crippen molar-refractivity contribution in [1.29, 1.82) is 0 Å². The van der Waals surface area contributed by atoms with Crippen molar-refractivity contribution in [2.75, 3.05) is 32.0 Å². The number of ether oxygens (including phenoxy) is 1. The van der Waals surface area contributed by atoms with Crippen LogP contribution in [0.4, 0.5) is 5.82 Å². The smallest absolute Gasteiger partial charge is 0.251 e. The molecule has 154 valence electrons. The Morgan fingerprint density at radius 1 is 1.07 bits per heavy atom. The molecule has 2 atom stereocenters. The third kappa shape index (κ3) is 3.80. The van der Waals surface area contributed by atoms with Gasteiger partial charge in [0.1, 0.15) is 24.5 Å². The Labute approximate surface area is 175 Å². The van der Waals surface area contributed by atoms with Gasteiger partial charge in [-0.3, -0.25) is 9.69 Å². The number of piperidine rings is 1. The summed E-state index contributed by atoms with van der Waals surface area (Å²) in [4.78, 5) is 23.6. The Balaban J connectivity index is 1.34. The van der Waals surface area contributed by atoms with Gasteiger partial charge in [-0.2, -0.15) is 0 Å². The fourth-order valence-corrected chi connectivity index (χ4v) is 4.73. The van der Waals surface area contributed by atoms with Crippen LogP contribution in [-0.4, -0.2) is 45.7 Å². The number of anilines is 1. The molecule has 1 saturated heterocycles. The first-order chi connectivity index (χ1) is 14.7. The van der Waals surface area contributed by atoms with Crippen LogP contribution in [0, 0.1) is 5.92 Å². The van der Waals surface area contributed by atoms with Crippen molar-refractivity contribution in [3.05, 3.63) is 70.9 Å². The van der Waals surface area contributed by atoms with Crippen LogP contribution in [0.15, 0.2) is 59.7 Å². The molecule has 0 saturated carbocycles. The number of benzene rings is 1. The molecule has 0 unspecified atom stereocenters. The van der Waals surface area contributed by atoms with E-state index in [0.29, 0.717) is 30.0 Å². The molecule has 2 aromatic heterocycles. The van der Waals surface area contributed by atoms with E-state index in [4.69, 9.17) is 10.5 Å². The molecule has 1 aromatic carbocycles. The van der Waals surface area contributed by atoms with E-state index in [2.05, 4.69) is 20.9 Å². The summed E-state index contributed by atoms with van der Waals surface area (Å²) in [5, 5.41) is 0. The molecule has 2 aliphatic rings. The number of para-hydroxylation sites is 1. The monoisotopic (exact) mass is 403 g/mol. The Morgan fingerprint density at radius 3 is 2.77 bits per heavy atom. The van der Waals surface area contributed by atoms with Crippen LogP contribution in [0.2, 0.25) is 0 Å². The predicted octanol–water partition coefficient (Wildman–Crippen LogP) is 2.39. The molecule has 2 N–H and O–H groups in total. The minimum atomic E-state index is 0.0373. The summed E-state index contributed by atoms with van der Waals surface area (Å²) in [7, 11) is 0. The second kappa shape index (κ2) is 7.91.